The zero-order valence-corrected chi connectivity index (χ0v) is 33.6. The molecule has 11 nitrogen and oxygen atoms in total. The molecule has 1 aromatic heterocycles. The van der Waals surface area contributed by atoms with Gasteiger partial charge in [-0.25, -0.2) is 14.3 Å². The Morgan fingerprint density at radius 3 is 2.24 bits per heavy atom. The normalized spacial score (nSPS) is 13.8. The molecule has 6 rings (SSSR count). The summed E-state index contributed by atoms with van der Waals surface area (Å²) < 4.78 is 60.4. The summed E-state index contributed by atoms with van der Waals surface area (Å²) in [5, 5.41) is 10.9. The van der Waals surface area contributed by atoms with Crippen LogP contribution in [0.15, 0.2) is 91.0 Å². The van der Waals surface area contributed by atoms with Gasteiger partial charge in [0.15, 0.2) is 5.69 Å². The van der Waals surface area contributed by atoms with Crippen LogP contribution in [-0.2, 0) is 22.2 Å². The van der Waals surface area contributed by atoms with Crippen molar-refractivity contribution in [2.24, 2.45) is 5.92 Å². The number of hydrogen-bond donors (Lipinski definition) is 2. The Balaban J connectivity index is 1.39. The van der Waals surface area contributed by atoms with Gasteiger partial charge in [-0.3, -0.25) is 9.69 Å². The highest BCUT2D eigenvalue weighted by Gasteiger charge is 2.38. The van der Waals surface area contributed by atoms with E-state index in [1.54, 1.807) is 83.9 Å². The summed E-state index contributed by atoms with van der Waals surface area (Å²) in [6.45, 7) is 11.0. The van der Waals surface area contributed by atoms with Gasteiger partial charge in [-0.15, -0.1) is 0 Å². The van der Waals surface area contributed by atoms with Gasteiger partial charge in [0.2, 0.25) is 0 Å². The third-order valence-corrected chi connectivity index (χ3v) is 9.20. The van der Waals surface area contributed by atoms with Crippen LogP contribution >= 0.6 is 0 Å². The molecule has 1 unspecified atom stereocenters. The van der Waals surface area contributed by atoms with Crippen LogP contribution in [0.4, 0.5) is 28.4 Å². The number of ether oxygens (including phenoxy) is 3. The van der Waals surface area contributed by atoms with Crippen LogP contribution in [0.25, 0.3) is 16.5 Å². The zero-order valence-electron chi connectivity index (χ0n) is 33.6. The van der Waals surface area contributed by atoms with Crippen LogP contribution in [0.5, 0.6) is 5.75 Å². The lowest BCUT2D eigenvalue weighted by Gasteiger charge is -2.35. The zero-order chi connectivity index (χ0) is 42.0. The number of benzene rings is 4. The summed E-state index contributed by atoms with van der Waals surface area (Å²) in [5.41, 5.74) is -0.900. The molecule has 5 aromatic rings. The fourth-order valence-electron chi connectivity index (χ4n) is 6.57. The van der Waals surface area contributed by atoms with E-state index in [0.717, 1.165) is 28.3 Å². The molecule has 1 aliphatic carbocycles. The molecule has 14 heteroatoms. The molecule has 0 saturated heterocycles. The molecular weight excluding hydrogens is 752 g/mol. The number of rotatable bonds is 11. The molecule has 1 heterocycles. The van der Waals surface area contributed by atoms with Crippen molar-refractivity contribution in [3.05, 3.63) is 119 Å². The van der Waals surface area contributed by atoms with Crippen molar-refractivity contribution >= 4 is 34.6 Å². The van der Waals surface area contributed by atoms with E-state index < -0.39 is 47.2 Å². The van der Waals surface area contributed by atoms with Gasteiger partial charge >= 0.3 is 18.4 Å². The summed E-state index contributed by atoms with van der Waals surface area (Å²) in [7, 11) is 1.56. The second-order valence-electron chi connectivity index (χ2n) is 16.3. The molecule has 306 valence electrons. The minimum absolute atomic E-state index is 0.00812. The predicted octanol–water partition coefficient (Wildman–Crippen LogP) is 10.1. The Kier molecular flexibility index (Phi) is 11.8. The van der Waals surface area contributed by atoms with Gasteiger partial charge in [-0.1, -0.05) is 54.6 Å². The molecule has 0 bridgehead atoms. The number of nitrogens with zero attached hydrogens (tertiary/aromatic N) is 3. The van der Waals surface area contributed by atoms with Crippen molar-refractivity contribution in [1.29, 1.82) is 0 Å². The number of halogens is 3. The smallest absolute Gasteiger partial charge is 0.435 e. The second kappa shape index (κ2) is 16.4. The van der Waals surface area contributed by atoms with E-state index >= 15 is 0 Å². The standard InChI is InChI=1S/C44H48F3N5O6/c1-42(2,3)57-40(54)48-25-28-12-10-16-32(22-28)52-34(24-36(50-52)44(45,46)47)39(53)49-31-15-11-14-30(23-31)38(51(26-27-18-19-27)41(55)58-43(4,5)6)37-33-17-9-8-13-29(33)20-21-35(37)56-7/h8-17,20-24,27,38H,18-19,25-26H2,1-7H3,(H,48,54)(H,49,53). The topological polar surface area (TPSA) is 124 Å². The number of alkyl carbamates (subject to hydrolysis) is 1. The highest BCUT2D eigenvalue weighted by Crippen LogP contribution is 2.43. The third kappa shape index (κ3) is 10.3. The number of aromatic nitrogens is 2. The largest absolute Gasteiger partial charge is 0.496 e. The fourth-order valence-corrected chi connectivity index (χ4v) is 6.57. The van der Waals surface area contributed by atoms with Crippen LogP contribution in [0, 0.1) is 5.92 Å². The Bertz CT molecular complexity index is 2310. The minimum Gasteiger partial charge on any atom is -0.496 e. The van der Waals surface area contributed by atoms with Crippen LogP contribution in [0.3, 0.4) is 0 Å². The molecule has 0 spiro atoms. The average Bonchev–Trinajstić information content (AvgIpc) is 3.85. The number of methoxy groups -OCH3 is 1. The molecule has 1 aliphatic rings. The average molecular weight is 800 g/mol. The lowest BCUT2D eigenvalue weighted by atomic mass is 9.91. The van der Waals surface area contributed by atoms with Crippen LogP contribution < -0.4 is 15.4 Å². The third-order valence-electron chi connectivity index (χ3n) is 9.20. The van der Waals surface area contributed by atoms with Crippen molar-refractivity contribution in [2.45, 2.75) is 84.3 Å². The van der Waals surface area contributed by atoms with Crippen LogP contribution in [0.2, 0.25) is 0 Å². The van der Waals surface area contributed by atoms with Crippen molar-refractivity contribution in [3.63, 3.8) is 0 Å². The summed E-state index contributed by atoms with van der Waals surface area (Å²) in [5.74, 6) is -0.0677. The van der Waals surface area contributed by atoms with Gasteiger partial charge in [-0.05, 0) is 113 Å². The molecular formula is C44H48F3N5O6. The van der Waals surface area contributed by atoms with E-state index in [-0.39, 0.29) is 29.5 Å². The first-order chi connectivity index (χ1) is 27.3. The maximum atomic E-state index is 14.2. The van der Waals surface area contributed by atoms with E-state index in [1.165, 1.54) is 12.1 Å². The molecule has 1 atom stereocenters. The van der Waals surface area contributed by atoms with Gasteiger partial charge < -0.3 is 24.8 Å². The maximum absolute atomic E-state index is 14.2. The Labute approximate surface area is 335 Å². The first kappa shape index (κ1) is 41.6. The number of anilines is 1. The molecule has 58 heavy (non-hydrogen) atoms. The number of fused-ring (bicyclic) bond motifs is 1. The lowest BCUT2D eigenvalue weighted by molar-refractivity contribution is -0.141. The van der Waals surface area contributed by atoms with Crippen molar-refractivity contribution in [2.75, 3.05) is 19.0 Å². The maximum Gasteiger partial charge on any atom is 0.435 e. The number of hydrogen-bond acceptors (Lipinski definition) is 7. The van der Waals surface area contributed by atoms with E-state index in [1.807, 2.05) is 42.5 Å². The molecule has 4 aromatic carbocycles. The Morgan fingerprint density at radius 1 is 0.862 bits per heavy atom. The molecule has 0 radical (unpaired) electrons. The second-order valence-corrected chi connectivity index (χ2v) is 16.3. The molecule has 3 amide bonds. The highest BCUT2D eigenvalue weighted by molar-refractivity contribution is 6.03. The number of amides is 3. The van der Waals surface area contributed by atoms with E-state index in [9.17, 15) is 27.6 Å². The summed E-state index contributed by atoms with van der Waals surface area (Å²) >= 11 is 0. The van der Waals surface area contributed by atoms with Crippen LogP contribution in [-0.4, -0.2) is 57.6 Å². The van der Waals surface area contributed by atoms with Crippen LogP contribution in [0.1, 0.15) is 93.3 Å². The molecule has 1 fully saturated rings. The molecule has 0 aliphatic heterocycles. The summed E-state index contributed by atoms with van der Waals surface area (Å²) in [6, 6.07) is 24.6. The highest BCUT2D eigenvalue weighted by atomic mass is 19.4. The van der Waals surface area contributed by atoms with E-state index in [0.29, 0.717) is 35.1 Å². The predicted molar refractivity (Wildman–Crippen MR) is 214 cm³/mol. The van der Waals surface area contributed by atoms with Gasteiger partial charge in [0, 0.05) is 30.4 Å². The number of nitrogens with one attached hydrogen (secondary N) is 2. The molecule has 1 saturated carbocycles. The van der Waals surface area contributed by atoms with Gasteiger partial charge in [-0.2, -0.15) is 18.3 Å². The van der Waals surface area contributed by atoms with Crippen molar-refractivity contribution in [3.8, 4) is 11.4 Å². The summed E-state index contributed by atoms with van der Waals surface area (Å²) in [4.78, 5) is 42.2. The quantitative estimate of drug-likeness (QED) is 0.136. The van der Waals surface area contributed by atoms with Gasteiger partial charge in [0.1, 0.15) is 22.6 Å². The van der Waals surface area contributed by atoms with Crippen molar-refractivity contribution in [1.82, 2.24) is 20.0 Å². The number of alkyl halides is 3. The number of carbonyl (C=O) groups is 3. The van der Waals surface area contributed by atoms with Gasteiger partial charge in [0.05, 0.1) is 18.8 Å². The van der Waals surface area contributed by atoms with Gasteiger partial charge in [0.25, 0.3) is 5.91 Å². The molecule has 2 N–H and O–H groups in total. The Hall–Kier alpha value is -6.05. The minimum atomic E-state index is -4.85. The first-order valence-electron chi connectivity index (χ1n) is 19.0. The van der Waals surface area contributed by atoms with Crippen molar-refractivity contribution < 1.29 is 41.8 Å². The van der Waals surface area contributed by atoms with E-state index in [2.05, 4.69) is 15.7 Å². The Morgan fingerprint density at radius 2 is 1.57 bits per heavy atom. The summed E-state index contributed by atoms with van der Waals surface area (Å²) in [6.07, 6.45) is -4.15. The SMILES string of the molecule is COc1ccc2ccccc2c1C(c1cccc(NC(=O)c2cc(C(F)(F)F)nn2-c2cccc(CNC(=O)OC(C)(C)C)c2)c1)N(CC1CC1)C(=O)OC(C)(C)C. The monoisotopic (exact) mass is 799 g/mol. The fraction of sp³-hybridized carbons (Fsp3) is 0.364. The van der Waals surface area contributed by atoms with E-state index in [4.69, 9.17) is 14.2 Å². The lowest BCUT2D eigenvalue weighted by Crippen LogP contribution is -2.41. The first-order valence-corrected chi connectivity index (χ1v) is 19.0. The number of carbonyl (C=O) groups excluding carboxylic acids is 3.